The molecule has 2 aromatic rings. The monoisotopic (exact) mass is 329 g/mol. The van der Waals surface area contributed by atoms with Crippen molar-refractivity contribution >= 4 is 6.09 Å². The quantitative estimate of drug-likeness (QED) is 0.927. The van der Waals surface area contributed by atoms with Gasteiger partial charge in [0.15, 0.2) is 5.89 Å². The summed E-state index contributed by atoms with van der Waals surface area (Å²) in [5.74, 6) is 1.59. The maximum atomic E-state index is 11.0. The highest BCUT2D eigenvalue weighted by Gasteiger charge is 2.58. The number of hydrogen-bond donors (Lipinski definition) is 1. The molecule has 1 aliphatic heterocycles. The normalized spacial score (nSPS) is 25.2. The van der Waals surface area contributed by atoms with Crippen molar-refractivity contribution in [1.82, 2.24) is 15.0 Å². The molecule has 7 nitrogen and oxygen atoms in total. The molecule has 3 heterocycles. The van der Waals surface area contributed by atoms with Gasteiger partial charge in [-0.15, -0.1) is 0 Å². The van der Waals surface area contributed by atoms with Crippen LogP contribution in [-0.4, -0.2) is 39.3 Å². The van der Waals surface area contributed by atoms with Gasteiger partial charge in [0.2, 0.25) is 0 Å². The van der Waals surface area contributed by atoms with Gasteiger partial charge in [0.05, 0.1) is 11.3 Å². The van der Waals surface area contributed by atoms with Crippen LogP contribution in [-0.2, 0) is 0 Å². The fourth-order valence-electron chi connectivity index (χ4n) is 4.05. The summed E-state index contributed by atoms with van der Waals surface area (Å²) < 4.78 is 10.9. The fourth-order valence-corrected chi connectivity index (χ4v) is 4.05. The predicted molar refractivity (Wildman–Crippen MR) is 82.6 cm³/mol. The van der Waals surface area contributed by atoms with E-state index < -0.39 is 6.09 Å². The van der Waals surface area contributed by atoms with Gasteiger partial charge in [-0.1, -0.05) is 5.16 Å². The fraction of sp³-hybridized carbons (Fsp3) is 0.588. The Bertz CT molecular complexity index is 783. The minimum Gasteiger partial charge on any atom is -0.465 e. The predicted octanol–water partition coefficient (Wildman–Crippen LogP) is 3.45. The number of rotatable bonds is 3. The van der Waals surface area contributed by atoms with Gasteiger partial charge in [0.1, 0.15) is 18.2 Å². The van der Waals surface area contributed by atoms with Gasteiger partial charge >= 0.3 is 6.09 Å². The number of likely N-dealkylation sites (tertiary alicyclic amines) is 1. The molecule has 24 heavy (non-hydrogen) atoms. The van der Waals surface area contributed by atoms with Crippen LogP contribution in [0.4, 0.5) is 4.79 Å². The molecule has 3 fully saturated rings. The molecule has 2 aromatic heterocycles. The van der Waals surface area contributed by atoms with Crippen molar-refractivity contribution in [2.24, 2.45) is 5.41 Å². The van der Waals surface area contributed by atoms with E-state index >= 15 is 0 Å². The van der Waals surface area contributed by atoms with Gasteiger partial charge in [0, 0.05) is 24.9 Å². The van der Waals surface area contributed by atoms with E-state index in [4.69, 9.17) is 19.0 Å². The zero-order chi connectivity index (χ0) is 16.3. The number of aromatic nitrogens is 2. The van der Waals surface area contributed by atoms with Crippen molar-refractivity contribution in [3.8, 4) is 11.3 Å². The standard InChI is InChI=1S/C17H19N3O4/c21-16(22)20-5-3-17(4-6-20)7-12(17)15-18-13(9-23-15)11-8-24-19-14(11)10-1-2-10/h8-10,12H,1-7H2,(H,21,22)/t12-/m0/s1. The largest absolute Gasteiger partial charge is 0.465 e. The highest BCUT2D eigenvalue weighted by atomic mass is 16.5. The minimum absolute atomic E-state index is 0.183. The molecule has 1 amide bonds. The summed E-state index contributed by atoms with van der Waals surface area (Å²) in [5.41, 5.74) is 2.93. The van der Waals surface area contributed by atoms with Crippen molar-refractivity contribution in [2.75, 3.05) is 13.1 Å². The zero-order valence-corrected chi connectivity index (χ0v) is 13.3. The van der Waals surface area contributed by atoms with E-state index in [9.17, 15) is 4.79 Å². The number of oxazole rings is 1. The Morgan fingerprint density at radius 1 is 1.29 bits per heavy atom. The van der Waals surface area contributed by atoms with Gasteiger partial charge < -0.3 is 18.9 Å². The number of amides is 1. The molecule has 1 atom stereocenters. The lowest BCUT2D eigenvalue weighted by Gasteiger charge is -2.30. The molecule has 3 aliphatic rings. The first kappa shape index (κ1) is 14.1. The number of piperidine rings is 1. The van der Waals surface area contributed by atoms with Crippen LogP contribution in [0.15, 0.2) is 21.5 Å². The summed E-state index contributed by atoms with van der Waals surface area (Å²) in [6, 6.07) is 0. The lowest BCUT2D eigenvalue weighted by atomic mass is 9.91. The van der Waals surface area contributed by atoms with Crippen molar-refractivity contribution in [3.63, 3.8) is 0 Å². The Morgan fingerprint density at radius 3 is 2.79 bits per heavy atom. The molecular formula is C17H19N3O4. The summed E-state index contributed by atoms with van der Waals surface area (Å²) >= 11 is 0. The van der Waals surface area contributed by atoms with Crippen LogP contribution in [0, 0.1) is 5.41 Å². The van der Waals surface area contributed by atoms with E-state index in [2.05, 4.69) is 5.16 Å². The summed E-state index contributed by atoms with van der Waals surface area (Å²) in [7, 11) is 0. The first-order chi connectivity index (χ1) is 11.7. The number of nitrogens with zero attached hydrogens (tertiary/aromatic N) is 3. The van der Waals surface area contributed by atoms with Crippen LogP contribution in [0.2, 0.25) is 0 Å². The van der Waals surface area contributed by atoms with E-state index in [1.54, 1.807) is 12.5 Å². The topological polar surface area (TPSA) is 92.6 Å². The average molecular weight is 329 g/mol. The molecule has 5 rings (SSSR count). The second-order valence-electron chi connectivity index (χ2n) is 7.35. The molecule has 2 aliphatic carbocycles. The van der Waals surface area contributed by atoms with Crippen LogP contribution in [0.25, 0.3) is 11.3 Å². The van der Waals surface area contributed by atoms with Crippen LogP contribution < -0.4 is 0 Å². The highest BCUT2D eigenvalue weighted by molar-refractivity contribution is 5.65. The van der Waals surface area contributed by atoms with Gasteiger partial charge in [0.25, 0.3) is 0 Å². The lowest BCUT2D eigenvalue weighted by molar-refractivity contribution is 0.119. The summed E-state index contributed by atoms with van der Waals surface area (Å²) in [6.45, 7) is 1.22. The SMILES string of the molecule is O=C(O)N1CCC2(CC1)C[C@H]2c1nc(-c2conc2C2CC2)co1. The molecule has 126 valence electrons. The second kappa shape index (κ2) is 4.84. The Hall–Kier alpha value is -2.31. The molecule has 2 saturated carbocycles. The van der Waals surface area contributed by atoms with E-state index in [0.717, 1.165) is 54.9 Å². The third-order valence-electron chi connectivity index (χ3n) is 5.88. The molecular weight excluding hydrogens is 310 g/mol. The Kier molecular flexibility index (Phi) is 2.84. The first-order valence-corrected chi connectivity index (χ1v) is 8.54. The smallest absolute Gasteiger partial charge is 0.407 e. The third-order valence-corrected chi connectivity index (χ3v) is 5.88. The van der Waals surface area contributed by atoms with Gasteiger partial charge in [-0.25, -0.2) is 9.78 Å². The Balaban J connectivity index is 1.32. The Labute approximate surface area is 138 Å². The minimum atomic E-state index is -0.819. The zero-order valence-electron chi connectivity index (χ0n) is 13.3. The van der Waals surface area contributed by atoms with Crippen LogP contribution in [0.3, 0.4) is 0 Å². The van der Waals surface area contributed by atoms with Gasteiger partial charge in [-0.3, -0.25) is 0 Å². The highest BCUT2D eigenvalue weighted by Crippen LogP contribution is 2.64. The first-order valence-electron chi connectivity index (χ1n) is 8.54. The molecule has 1 saturated heterocycles. The van der Waals surface area contributed by atoms with Crippen LogP contribution >= 0.6 is 0 Å². The summed E-state index contributed by atoms with van der Waals surface area (Å²) in [5, 5.41) is 13.2. The molecule has 0 unspecified atom stereocenters. The van der Waals surface area contributed by atoms with Crippen molar-refractivity contribution in [1.29, 1.82) is 0 Å². The van der Waals surface area contributed by atoms with Crippen LogP contribution in [0.1, 0.15) is 55.5 Å². The van der Waals surface area contributed by atoms with Gasteiger partial charge in [-0.05, 0) is 37.5 Å². The molecule has 1 spiro atoms. The average Bonchev–Trinajstić information content (AvgIpc) is 3.42. The van der Waals surface area contributed by atoms with E-state index in [-0.39, 0.29) is 5.41 Å². The number of carboxylic acid groups (broad SMARTS) is 1. The van der Waals surface area contributed by atoms with E-state index in [1.807, 2.05) is 0 Å². The molecule has 0 aromatic carbocycles. The number of carbonyl (C=O) groups is 1. The van der Waals surface area contributed by atoms with Crippen molar-refractivity contribution in [3.05, 3.63) is 24.1 Å². The van der Waals surface area contributed by atoms with Crippen molar-refractivity contribution < 1.29 is 18.8 Å². The van der Waals surface area contributed by atoms with Gasteiger partial charge in [-0.2, -0.15) is 0 Å². The maximum Gasteiger partial charge on any atom is 0.407 e. The summed E-state index contributed by atoms with van der Waals surface area (Å²) in [6.07, 6.45) is 7.69. The number of hydrogen-bond acceptors (Lipinski definition) is 5. The van der Waals surface area contributed by atoms with Crippen molar-refractivity contribution in [2.45, 2.75) is 43.9 Å². The van der Waals surface area contributed by atoms with Crippen LogP contribution in [0.5, 0.6) is 0 Å². The molecule has 0 bridgehead atoms. The maximum absolute atomic E-state index is 11.0. The lowest BCUT2D eigenvalue weighted by Crippen LogP contribution is -2.38. The molecule has 1 N–H and O–H groups in total. The Morgan fingerprint density at radius 2 is 2.08 bits per heavy atom. The third kappa shape index (κ3) is 2.14. The second-order valence-corrected chi connectivity index (χ2v) is 7.35. The molecule has 7 heteroatoms. The summed E-state index contributed by atoms with van der Waals surface area (Å²) in [4.78, 5) is 17.2. The molecule has 0 radical (unpaired) electrons. The van der Waals surface area contributed by atoms with E-state index in [1.165, 1.54) is 4.90 Å². The van der Waals surface area contributed by atoms with E-state index in [0.29, 0.717) is 24.9 Å².